The van der Waals surface area contributed by atoms with Crippen LogP contribution in [-0.4, -0.2) is 27.2 Å². The molecular formula is C17H12ClN3O3S. The number of carbonyl (C=O) groups excluding carboxylic acids is 2. The Morgan fingerprint density at radius 1 is 1.20 bits per heavy atom. The van der Waals surface area contributed by atoms with E-state index in [1.54, 1.807) is 48.5 Å². The van der Waals surface area contributed by atoms with Gasteiger partial charge in [0.05, 0.1) is 17.4 Å². The maximum Gasteiger partial charge on any atom is 0.331 e. The van der Waals surface area contributed by atoms with Gasteiger partial charge < -0.3 is 10.1 Å². The van der Waals surface area contributed by atoms with Crippen molar-refractivity contribution in [2.45, 2.75) is 0 Å². The van der Waals surface area contributed by atoms with Crippen molar-refractivity contribution in [3.05, 3.63) is 59.1 Å². The second kappa shape index (κ2) is 7.87. The number of aromatic nitrogens is 2. The second-order valence-electron chi connectivity index (χ2n) is 4.98. The van der Waals surface area contributed by atoms with Crippen LogP contribution in [0.2, 0.25) is 5.02 Å². The zero-order valence-corrected chi connectivity index (χ0v) is 14.4. The topological polar surface area (TPSA) is 81.2 Å². The minimum atomic E-state index is -0.622. The number of halogens is 1. The number of amides is 1. The SMILES string of the molecule is O=C(COC(=O)/C=C\c1cccc(Cl)c1)Nc1cccc2nsnc12. The maximum atomic E-state index is 11.9. The molecule has 1 aromatic heterocycles. The molecular weight excluding hydrogens is 362 g/mol. The van der Waals surface area contributed by atoms with Gasteiger partial charge in [-0.1, -0.05) is 29.8 Å². The normalized spacial score (nSPS) is 10.9. The Hall–Kier alpha value is -2.77. The van der Waals surface area contributed by atoms with Crippen molar-refractivity contribution >= 4 is 58.0 Å². The number of esters is 1. The zero-order valence-electron chi connectivity index (χ0n) is 12.8. The van der Waals surface area contributed by atoms with Crippen molar-refractivity contribution in [2.24, 2.45) is 0 Å². The predicted octanol–water partition coefficient (Wildman–Crippen LogP) is 3.54. The number of rotatable bonds is 5. The maximum absolute atomic E-state index is 11.9. The number of fused-ring (bicyclic) bond motifs is 1. The van der Waals surface area contributed by atoms with Crippen molar-refractivity contribution in [1.82, 2.24) is 8.75 Å². The van der Waals surface area contributed by atoms with Crippen molar-refractivity contribution < 1.29 is 14.3 Å². The quantitative estimate of drug-likeness (QED) is 0.546. The molecule has 0 radical (unpaired) electrons. The molecule has 1 heterocycles. The van der Waals surface area contributed by atoms with Crippen LogP contribution < -0.4 is 5.32 Å². The summed E-state index contributed by atoms with van der Waals surface area (Å²) in [5.41, 5.74) is 2.59. The van der Waals surface area contributed by atoms with Crippen molar-refractivity contribution in [3.8, 4) is 0 Å². The third-order valence-electron chi connectivity index (χ3n) is 3.17. The van der Waals surface area contributed by atoms with E-state index in [1.165, 1.54) is 6.08 Å². The highest BCUT2D eigenvalue weighted by Crippen LogP contribution is 2.20. The molecule has 0 aliphatic heterocycles. The summed E-state index contributed by atoms with van der Waals surface area (Å²) in [5.74, 6) is -1.08. The van der Waals surface area contributed by atoms with Crippen molar-refractivity contribution in [2.75, 3.05) is 11.9 Å². The molecule has 25 heavy (non-hydrogen) atoms. The van der Waals surface area contributed by atoms with E-state index in [0.717, 1.165) is 17.3 Å². The lowest BCUT2D eigenvalue weighted by Gasteiger charge is -2.05. The summed E-state index contributed by atoms with van der Waals surface area (Å²) < 4.78 is 13.1. The summed E-state index contributed by atoms with van der Waals surface area (Å²) in [4.78, 5) is 23.6. The molecule has 0 fully saturated rings. The monoisotopic (exact) mass is 373 g/mol. The lowest BCUT2D eigenvalue weighted by Crippen LogP contribution is -2.20. The molecule has 2 aromatic carbocycles. The first kappa shape index (κ1) is 17.1. The zero-order chi connectivity index (χ0) is 17.6. The summed E-state index contributed by atoms with van der Waals surface area (Å²) in [5, 5.41) is 3.22. The molecule has 3 aromatic rings. The number of nitrogens with one attached hydrogen (secondary N) is 1. The van der Waals surface area contributed by atoms with Crippen LogP contribution in [0.25, 0.3) is 17.1 Å². The van der Waals surface area contributed by atoms with E-state index in [-0.39, 0.29) is 0 Å². The Kier molecular flexibility index (Phi) is 5.37. The van der Waals surface area contributed by atoms with Crippen LogP contribution in [-0.2, 0) is 14.3 Å². The van der Waals surface area contributed by atoms with Crippen LogP contribution in [0.1, 0.15) is 5.56 Å². The van der Waals surface area contributed by atoms with Crippen LogP contribution in [0.3, 0.4) is 0 Å². The largest absolute Gasteiger partial charge is 0.452 e. The number of ether oxygens (including phenoxy) is 1. The molecule has 8 heteroatoms. The molecule has 0 aliphatic carbocycles. The highest BCUT2D eigenvalue weighted by Gasteiger charge is 2.10. The van der Waals surface area contributed by atoms with Gasteiger partial charge in [-0.2, -0.15) is 8.75 Å². The first-order valence-electron chi connectivity index (χ1n) is 7.23. The molecule has 6 nitrogen and oxygen atoms in total. The van der Waals surface area contributed by atoms with Gasteiger partial charge in [0.1, 0.15) is 11.0 Å². The molecule has 1 amide bonds. The minimum absolute atomic E-state index is 0.396. The number of carbonyl (C=O) groups is 2. The highest BCUT2D eigenvalue weighted by atomic mass is 35.5. The van der Waals surface area contributed by atoms with E-state index >= 15 is 0 Å². The Morgan fingerprint density at radius 3 is 2.88 bits per heavy atom. The molecule has 0 aliphatic rings. The molecule has 0 saturated carbocycles. The van der Waals surface area contributed by atoms with Gasteiger partial charge in [-0.3, -0.25) is 4.79 Å². The van der Waals surface area contributed by atoms with E-state index in [0.29, 0.717) is 21.7 Å². The summed E-state index contributed by atoms with van der Waals surface area (Å²) in [6.07, 6.45) is 2.80. The van der Waals surface area contributed by atoms with Crippen molar-refractivity contribution in [1.29, 1.82) is 0 Å². The summed E-state index contributed by atoms with van der Waals surface area (Å²) in [6, 6.07) is 12.3. The molecule has 1 N–H and O–H groups in total. The third-order valence-corrected chi connectivity index (χ3v) is 3.94. The van der Waals surface area contributed by atoms with Crippen LogP contribution in [0.15, 0.2) is 48.5 Å². The van der Waals surface area contributed by atoms with Crippen molar-refractivity contribution in [3.63, 3.8) is 0 Å². The van der Waals surface area contributed by atoms with Gasteiger partial charge in [0.25, 0.3) is 5.91 Å². The number of anilines is 1. The standard InChI is InChI=1S/C17H12ClN3O3S/c18-12-4-1-3-11(9-12)7-8-16(23)24-10-15(22)19-13-5-2-6-14-17(13)21-25-20-14/h1-9H,10H2,(H,19,22)/b8-7-. The van der Waals surface area contributed by atoms with Crippen LogP contribution in [0.5, 0.6) is 0 Å². The van der Waals surface area contributed by atoms with E-state index in [4.69, 9.17) is 16.3 Å². The smallest absolute Gasteiger partial charge is 0.331 e. The summed E-state index contributed by atoms with van der Waals surface area (Å²) in [6.45, 7) is -0.396. The summed E-state index contributed by atoms with van der Waals surface area (Å²) >= 11 is 6.92. The van der Waals surface area contributed by atoms with E-state index in [2.05, 4.69) is 14.1 Å². The fraction of sp³-hybridized carbons (Fsp3) is 0.0588. The lowest BCUT2D eigenvalue weighted by molar-refractivity contribution is -0.142. The number of nitrogens with zero attached hydrogens (tertiary/aromatic N) is 2. The first-order valence-corrected chi connectivity index (χ1v) is 8.34. The number of benzene rings is 2. The Labute approximate surface area is 152 Å². The second-order valence-corrected chi connectivity index (χ2v) is 5.95. The number of hydrogen-bond acceptors (Lipinski definition) is 6. The highest BCUT2D eigenvalue weighted by molar-refractivity contribution is 7.00. The first-order chi connectivity index (χ1) is 12.1. The average Bonchev–Trinajstić information content (AvgIpc) is 3.08. The Morgan fingerprint density at radius 2 is 2.04 bits per heavy atom. The van der Waals surface area contributed by atoms with Gasteiger partial charge in [0, 0.05) is 11.1 Å². The molecule has 0 atom stereocenters. The van der Waals surface area contributed by atoms with Gasteiger partial charge in [0.15, 0.2) is 6.61 Å². The minimum Gasteiger partial charge on any atom is -0.452 e. The van der Waals surface area contributed by atoms with E-state index in [1.807, 2.05) is 0 Å². The van der Waals surface area contributed by atoms with Crippen LogP contribution in [0, 0.1) is 0 Å². The summed E-state index contributed by atoms with van der Waals surface area (Å²) in [7, 11) is 0. The number of hydrogen-bond donors (Lipinski definition) is 1. The molecule has 0 unspecified atom stereocenters. The lowest BCUT2D eigenvalue weighted by atomic mass is 10.2. The molecule has 3 rings (SSSR count). The van der Waals surface area contributed by atoms with Gasteiger partial charge in [-0.15, -0.1) is 0 Å². The van der Waals surface area contributed by atoms with Gasteiger partial charge in [-0.25, -0.2) is 4.79 Å². The average molecular weight is 374 g/mol. The predicted molar refractivity (Wildman–Crippen MR) is 97.5 cm³/mol. The fourth-order valence-corrected chi connectivity index (χ4v) is 2.80. The van der Waals surface area contributed by atoms with Crippen LogP contribution >= 0.6 is 23.3 Å². The van der Waals surface area contributed by atoms with Gasteiger partial charge >= 0.3 is 5.97 Å². The van der Waals surface area contributed by atoms with Crippen LogP contribution in [0.4, 0.5) is 5.69 Å². The molecule has 126 valence electrons. The molecule has 0 saturated heterocycles. The van der Waals surface area contributed by atoms with Gasteiger partial charge in [-0.05, 0) is 35.9 Å². The molecule has 0 bridgehead atoms. The fourth-order valence-electron chi connectivity index (χ4n) is 2.05. The van der Waals surface area contributed by atoms with E-state index < -0.39 is 18.5 Å². The molecule has 0 spiro atoms. The Balaban J connectivity index is 1.53. The van der Waals surface area contributed by atoms with E-state index in [9.17, 15) is 9.59 Å². The third kappa shape index (κ3) is 4.62. The van der Waals surface area contributed by atoms with Gasteiger partial charge in [0.2, 0.25) is 0 Å². The Bertz CT molecular complexity index is 955.